The summed E-state index contributed by atoms with van der Waals surface area (Å²) in [5.41, 5.74) is 6.47. The van der Waals surface area contributed by atoms with Gasteiger partial charge in [0.1, 0.15) is 17.6 Å². The summed E-state index contributed by atoms with van der Waals surface area (Å²) in [5.74, 6) is -1.63. The Morgan fingerprint density at radius 2 is 1.96 bits per heavy atom. The van der Waals surface area contributed by atoms with Crippen molar-refractivity contribution in [3.63, 3.8) is 0 Å². The molecule has 0 radical (unpaired) electrons. The Kier molecular flexibility index (Phi) is 4.67. The van der Waals surface area contributed by atoms with Crippen molar-refractivity contribution in [2.75, 3.05) is 10.3 Å². The summed E-state index contributed by atoms with van der Waals surface area (Å²) >= 11 is 5.90. The molecule has 0 bridgehead atoms. The van der Waals surface area contributed by atoms with Crippen LogP contribution in [0.1, 0.15) is 6.42 Å². The molecule has 0 saturated carbocycles. The van der Waals surface area contributed by atoms with Gasteiger partial charge in [-0.3, -0.25) is 14.6 Å². The van der Waals surface area contributed by atoms with E-state index in [4.69, 9.17) is 17.3 Å². The number of primary amides is 1. The molecular weight excluding hydrogens is 347 g/mol. The first kappa shape index (κ1) is 16.9. The lowest BCUT2D eigenvalue weighted by molar-refractivity contribution is -0.119. The molecule has 1 aliphatic heterocycles. The average molecular weight is 361 g/mol. The number of nitrogens with one attached hydrogen (secondary N) is 1. The Balaban J connectivity index is 1.84. The lowest BCUT2D eigenvalue weighted by atomic mass is 10.1. The van der Waals surface area contributed by atoms with E-state index in [1.165, 1.54) is 17.1 Å². The van der Waals surface area contributed by atoms with Crippen LogP contribution in [0.5, 0.6) is 0 Å². The molecule has 1 unspecified atom stereocenters. The second-order valence-corrected chi connectivity index (χ2v) is 5.83. The van der Waals surface area contributed by atoms with E-state index in [-0.39, 0.29) is 22.8 Å². The van der Waals surface area contributed by atoms with Crippen LogP contribution >= 0.6 is 11.6 Å². The van der Waals surface area contributed by atoms with Crippen LogP contribution in [0.15, 0.2) is 53.6 Å². The lowest BCUT2D eigenvalue weighted by Gasteiger charge is -2.20. The number of anilines is 2. The number of nitrogens with zero attached hydrogens (tertiary/aromatic N) is 2. The van der Waals surface area contributed by atoms with Crippen molar-refractivity contribution in [1.82, 2.24) is 0 Å². The number of amides is 2. The fraction of sp³-hybridized carbons (Fsp3) is 0.118. The molecule has 0 fully saturated rings. The smallest absolute Gasteiger partial charge is 0.272 e. The van der Waals surface area contributed by atoms with Crippen molar-refractivity contribution >= 4 is 40.5 Å². The molecule has 8 heteroatoms. The molecule has 0 spiro atoms. The molecule has 2 aromatic carbocycles. The number of hydrogen-bond acceptors (Lipinski definition) is 4. The second kappa shape index (κ2) is 6.90. The maximum atomic E-state index is 13.1. The van der Waals surface area contributed by atoms with Crippen LogP contribution in [0, 0.1) is 5.82 Å². The Morgan fingerprint density at radius 3 is 2.60 bits per heavy atom. The zero-order valence-electron chi connectivity index (χ0n) is 12.9. The molecule has 2 amide bonds. The Hall–Kier alpha value is -2.93. The molecule has 128 valence electrons. The molecule has 1 heterocycles. The fourth-order valence-corrected chi connectivity index (χ4v) is 2.69. The zero-order chi connectivity index (χ0) is 18.0. The molecule has 0 aliphatic carbocycles. The van der Waals surface area contributed by atoms with E-state index in [2.05, 4.69) is 10.4 Å². The predicted molar refractivity (Wildman–Crippen MR) is 94.0 cm³/mol. The number of benzene rings is 2. The molecular formula is C17H14ClFN4O2. The monoisotopic (exact) mass is 360 g/mol. The van der Waals surface area contributed by atoms with E-state index in [9.17, 15) is 14.0 Å². The molecule has 3 N–H and O–H groups in total. The van der Waals surface area contributed by atoms with Gasteiger partial charge in [0.2, 0.25) is 5.91 Å². The summed E-state index contributed by atoms with van der Waals surface area (Å²) in [5, 5.41) is 8.28. The van der Waals surface area contributed by atoms with Crippen molar-refractivity contribution in [3.05, 3.63) is 59.4 Å². The van der Waals surface area contributed by atoms with Gasteiger partial charge in [-0.2, -0.15) is 5.10 Å². The van der Waals surface area contributed by atoms with E-state index >= 15 is 0 Å². The minimum absolute atomic E-state index is 0.0644. The molecule has 1 aliphatic rings. The van der Waals surface area contributed by atoms with Gasteiger partial charge in [0.05, 0.1) is 16.4 Å². The predicted octanol–water partition coefficient (Wildman–Crippen LogP) is 2.54. The third-order valence-corrected chi connectivity index (χ3v) is 4.01. The standard InChI is InChI=1S/C17H14ClFN4O2/c18-12-8-10(19)6-7-13(12)21-17(25)14-9-15(16(20)24)23(22-14)11-4-2-1-3-5-11/h1-8,15H,9H2,(H2,20,24)(H,21,25). The van der Waals surface area contributed by atoms with Crippen LogP contribution in [0.3, 0.4) is 0 Å². The quantitative estimate of drug-likeness (QED) is 0.878. The van der Waals surface area contributed by atoms with Crippen LogP contribution in [0.4, 0.5) is 15.8 Å². The maximum absolute atomic E-state index is 13.1. The Bertz CT molecular complexity index is 857. The highest BCUT2D eigenvalue weighted by molar-refractivity contribution is 6.45. The highest BCUT2D eigenvalue weighted by Gasteiger charge is 2.35. The molecule has 0 saturated heterocycles. The number of hydrazone groups is 1. The minimum atomic E-state index is -0.758. The van der Waals surface area contributed by atoms with Gasteiger partial charge in [0.25, 0.3) is 5.91 Å². The highest BCUT2D eigenvalue weighted by atomic mass is 35.5. The fourth-order valence-electron chi connectivity index (χ4n) is 2.47. The number of carbonyl (C=O) groups excluding carboxylic acids is 2. The first-order valence-corrected chi connectivity index (χ1v) is 7.81. The number of carbonyl (C=O) groups is 2. The number of hydrogen-bond donors (Lipinski definition) is 2. The zero-order valence-corrected chi connectivity index (χ0v) is 13.7. The van der Waals surface area contributed by atoms with Crippen molar-refractivity contribution in [2.24, 2.45) is 10.8 Å². The molecule has 0 aromatic heterocycles. The third-order valence-electron chi connectivity index (χ3n) is 3.70. The second-order valence-electron chi connectivity index (χ2n) is 5.43. The molecule has 1 atom stereocenters. The van der Waals surface area contributed by atoms with Crippen LogP contribution in [-0.2, 0) is 9.59 Å². The summed E-state index contributed by atoms with van der Waals surface area (Å²) in [6, 6.07) is 11.8. The number of halogens is 2. The topological polar surface area (TPSA) is 87.8 Å². The molecule has 25 heavy (non-hydrogen) atoms. The van der Waals surface area contributed by atoms with Gasteiger partial charge < -0.3 is 11.1 Å². The van der Waals surface area contributed by atoms with Gasteiger partial charge in [0.15, 0.2) is 0 Å². The van der Waals surface area contributed by atoms with Crippen molar-refractivity contribution in [2.45, 2.75) is 12.5 Å². The van der Waals surface area contributed by atoms with Crippen LogP contribution < -0.4 is 16.1 Å². The van der Waals surface area contributed by atoms with E-state index < -0.39 is 23.7 Å². The summed E-state index contributed by atoms with van der Waals surface area (Å²) in [4.78, 5) is 24.1. The van der Waals surface area contributed by atoms with Gasteiger partial charge in [-0.1, -0.05) is 29.8 Å². The normalized spacial score (nSPS) is 16.5. The third kappa shape index (κ3) is 3.61. The molecule has 3 rings (SSSR count). The van der Waals surface area contributed by atoms with Crippen LogP contribution in [-0.4, -0.2) is 23.6 Å². The largest absolute Gasteiger partial charge is 0.368 e. The maximum Gasteiger partial charge on any atom is 0.272 e. The van der Waals surface area contributed by atoms with Gasteiger partial charge in [-0.15, -0.1) is 0 Å². The Morgan fingerprint density at radius 1 is 1.24 bits per heavy atom. The van der Waals surface area contributed by atoms with Gasteiger partial charge in [-0.05, 0) is 30.3 Å². The summed E-state index contributed by atoms with van der Waals surface area (Å²) < 4.78 is 13.1. The lowest BCUT2D eigenvalue weighted by Crippen LogP contribution is -2.39. The van der Waals surface area contributed by atoms with E-state index in [1.807, 2.05) is 6.07 Å². The molecule has 6 nitrogen and oxygen atoms in total. The average Bonchev–Trinajstić information content (AvgIpc) is 3.04. The van der Waals surface area contributed by atoms with Gasteiger partial charge >= 0.3 is 0 Å². The van der Waals surface area contributed by atoms with Crippen molar-refractivity contribution in [1.29, 1.82) is 0 Å². The highest BCUT2D eigenvalue weighted by Crippen LogP contribution is 2.26. The minimum Gasteiger partial charge on any atom is -0.368 e. The molecule has 2 aromatic rings. The van der Waals surface area contributed by atoms with E-state index in [0.29, 0.717) is 5.69 Å². The summed E-state index contributed by atoms with van der Waals surface area (Å²) in [6.45, 7) is 0. The SMILES string of the molecule is NC(=O)C1CC(C(=O)Nc2ccc(F)cc2Cl)=NN1c1ccccc1. The summed E-state index contributed by atoms with van der Waals surface area (Å²) in [6.07, 6.45) is 0.0644. The van der Waals surface area contributed by atoms with Gasteiger partial charge in [-0.25, -0.2) is 4.39 Å². The number of para-hydroxylation sites is 1. The van der Waals surface area contributed by atoms with Crippen molar-refractivity contribution < 1.29 is 14.0 Å². The van der Waals surface area contributed by atoms with Crippen LogP contribution in [0.25, 0.3) is 0 Å². The summed E-state index contributed by atoms with van der Waals surface area (Å²) in [7, 11) is 0. The first-order valence-electron chi connectivity index (χ1n) is 7.43. The van der Waals surface area contributed by atoms with Gasteiger partial charge in [0, 0.05) is 6.42 Å². The number of nitrogens with two attached hydrogens (primary N) is 1. The Labute approximate surface area is 148 Å². The first-order chi connectivity index (χ1) is 12.0. The van der Waals surface area contributed by atoms with E-state index in [0.717, 1.165) is 6.07 Å². The van der Waals surface area contributed by atoms with Crippen LogP contribution in [0.2, 0.25) is 5.02 Å². The van der Waals surface area contributed by atoms with Crippen molar-refractivity contribution in [3.8, 4) is 0 Å². The number of rotatable bonds is 4. The van der Waals surface area contributed by atoms with E-state index in [1.54, 1.807) is 24.3 Å².